The standard InChI is InChI=1S/C21H26FN3O4S/c1-28-11-10-23-14-21(15-27)9-8-17(13-26)25(21)30-19-6-7-20(24-12-19)29-18-4-2-16(22)3-5-18/h2-7,12,15,17,23,26H,8-11,13-14H2,1H3. The summed E-state index contributed by atoms with van der Waals surface area (Å²) in [6.45, 7) is 1.65. The molecule has 3 rings (SSSR count). The lowest BCUT2D eigenvalue weighted by Crippen LogP contribution is -2.52. The molecule has 0 spiro atoms. The highest BCUT2D eigenvalue weighted by molar-refractivity contribution is 7.97. The van der Waals surface area contributed by atoms with Crippen molar-refractivity contribution in [3.05, 3.63) is 48.4 Å². The molecule has 0 aliphatic carbocycles. The number of carbonyl (C=O) groups is 1. The van der Waals surface area contributed by atoms with E-state index in [-0.39, 0.29) is 18.5 Å². The molecular formula is C21H26FN3O4S. The number of carbonyl (C=O) groups excluding carboxylic acids is 1. The molecule has 1 aliphatic heterocycles. The van der Waals surface area contributed by atoms with Crippen molar-refractivity contribution in [2.24, 2.45) is 0 Å². The van der Waals surface area contributed by atoms with Crippen LogP contribution in [-0.2, 0) is 9.53 Å². The number of aliphatic hydroxyl groups excluding tert-OH is 1. The van der Waals surface area contributed by atoms with Gasteiger partial charge in [0.25, 0.3) is 0 Å². The van der Waals surface area contributed by atoms with Gasteiger partial charge in [-0.25, -0.2) is 13.7 Å². The fourth-order valence-corrected chi connectivity index (χ4v) is 4.51. The maximum Gasteiger partial charge on any atom is 0.219 e. The summed E-state index contributed by atoms with van der Waals surface area (Å²) in [5, 5.41) is 13.1. The summed E-state index contributed by atoms with van der Waals surface area (Å²) in [7, 11) is 1.63. The Bertz CT molecular complexity index is 809. The van der Waals surface area contributed by atoms with Crippen LogP contribution in [0.2, 0.25) is 0 Å². The van der Waals surface area contributed by atoms with Gasteiger partial charge in [0.05, 0.1) is 18.8 Å². The Hall–Kier alpha value is -2.04. The van der Waals surface area contributed by atoms with Crippen LogP contribution in [0.4, 0.5) is 4.39 Å². The lowest BCUT2D eigenvalue weighted by atomic mass is 9.99. The van der Waals surface area contributed by atoms with Crippen LogP contribution in [0.15, 0.2) is 47.5 Å². The first-order chi connectivity index (χ1) is 14.6. The summed E-state index contributed by atoms with van der Waals surface area (Å²) in [6.07, 6.45) is 4.01. The first-order valence-electron chi connectivity index (χ1n) is 9.74. The van der Waals surface area contributed by atoms with Crippen LogP contribution in [0.1, 0.15) is 12.8 Å². The van der Waals surface area contributed by atoms with Crippen LogP contribution >= 0.6 is 11.9 Å². The molecule has 0 amide bonds. The minimum atomic E-state index is -0.713. The number of aldehydes is 1. The van der Waals surface area contributed by atoms with Gasteiger partial charge in [0.15, 0.2) is 0 Å². The van der Waals surface area contributed by atoms with Gasteiger partial charge in [-0.05, 0) is 55.1 Å². The fraction of sp³-hybridized carbons (Fsp3) is 0.429. The van der Waals surface area contributed by atoms with E-state index >= 15 is 0 Å². The van der Waals surface area contributed by atoms with Crippen molar-refractivity contribution in [1.29, 1.82) is 0 Å². The quantitative estimate of drug-likeness (QED) is 0.317. The summed E-state index contributed by atoms with van der Waals surface area (Å²) >= 11 is 1.40. The third kappa shape index (κ3) is 5.55. The van der Waals surface area contributed by atoms with Gasteiger partial charge in [-0.2, -0.15) is 0 Å². The van der Waals surface area contributed by atoms with E-state index in [1.54, 1.807) is 19.4 Å². The number of benzene rings is 1. The molecule has 0 radical (unpaired) electrons. The van der Waals surface area contributed by atoms with Gasteiger partial charge >= 0.3 is 0 Å². The molecule has 7 nitrogen and oxygen atoms in total. The summed E-state index contributed by atoms with van der Waals surface area (Å²) in [6, 6.07) is 9.14. The van der Waals surface area contributed by atoms with E-state index in [0.717, 1.165) is 17.6 Å². The normalized spacial score (nSPS) is 21.6. The highest BCUT2D eigenvalue weighted by Gasteiger charge is 2.46. The van der Waals surface area contributed by atoms with E-state index in [1.807, 2.05) is 10.4 Å². The number of pyridine rings is 1. The maximum absolute atomic E-state index is 13.0. The highest BCUT2D eigenvalue weighted by atomic mass is 32.2. The molecule has 2 aromatic rings. The SMILES string of the molecule is COCCNCC1(C=O)CCC(CO)N1Sc1ccc(Oc2ccc(F)cc2)nc1. The molecule has 2 unspecified atom stereocenters. The van der Waals surface area contributed by atoms with Gasteiger partial charge in [0, 0.05) is 43.4 Å². The van der Waals surface area contributed by atoms with Crippen LogP contribution < -0.4 is 10.1 Å². The largest absolute Gasteiger partial charge is 0.439 e. The number of nitrogens with zero attached hydrogens (tertiary/aromatic N) is 2. The van der Waals surface area contributed by atoms with Crippen molar-refractivity contribution in [2.45, 2.75) is 29.3 Å². The molecule has 1 saturated heterocycles. The maximum atomic E-state index is 13.0. The second-order valence-corrected chi connectivity index (χ2v) is 8.12. The second kappa shape index (κ2) is 10.8. The van der Waals surface area contributed by atoms with Gasteiger partial charge in [0.2, 0.25) is 5.88 Å². The minimum absolute atomic E-state index is 0.0279. The molecule has 1 aliphatic rings. The molecular weight excluding hydrogens is 409 g/mol. The molecule has 162 valence electrons. The Kier molecular flexibility index (Phi) is 8.17. The first-order valence-corrected chi connectivity index (χ1v) is 10.5. The monoisotopic (exact) mass is 435 g/mol. The number of methoxy groups -OCH3 is 1. The lowest BCUT2D eigenvalue weighted by Gasteiger charge is -2.35. The van der Waals surface area contributed by atoms with Gasteiger partial charge in [-0.3, -0.25) is 0 Å². The zero-order valence-corrected chi connectivity index (χ0v) is 17.6. The predicted octanol–water partition coefficient (Wildman–Crippen LogP) is 2.65. The van der Waals surface area contributed by atoms with Crippen LogP contribution in [0.25, 0.3) is 0 Å². The van der Waals surface area contributed by atoms with Crippen molar-refractivity contribution in [3.8, 4) is 11.6 Å². The molecule has 1 aromatic carbocycles. The third-order valence-corrected chi connectivity index (χ3v) is 6.29. The summed E-state index contributed by atoms with van der Waals surface area (Å²) < 4.78 is 25.6. The lowest BCUT2D eigenvalue weighted by molar-refractivity contribution is -0.115. The van der Waals surface area contributed by atoms with Gasteiger partial charge in [-0.1, -0.05) is 0 Å². The Morgan fingerprint density at radius 1 is 1.37 bits per heavy atom. The number of hydrogen-bond donors (Lipinski definition) is 2. The highest BCUT2D eigenvalue weighted by Crippen LogP contribution is 2.41. The molecule has 1 fully saturated rings. The molecule has 2 N–H and O–H groups in total. The Labute approximate surface area is 179 Å². The molecule has 1 aromatic heterocycles. The van der Waals surface area contributed by atoms with Gasteiger partial charge in [0.1, 0.15) is 17.9 Å². The summed E-state index contributed by atoms with van der Waals surface area (Å²) in [5.74, 6) is 0.543. The number of aromatic nitrogens is 1. The Morgan fingerprint density at radius 3 is 2.80 bits per heavy atom. The molecule has 30 heavy (non-hydrogen) atoms. The number of hydrogen-bond acceptors (Lipinski definition) is 8. The van der Waals surface area contributed by atoms with Crippen molar-refractivity contribution >= 4 is 18.2 Å². The average molecular weight is 436 g/mol. The zero-order valence-electron chi connectivity index (χ0n) is 16.8. The van der Waals surface area contributed by atoms with Crippen molar-refractivity contribution in [1.82, 2.24) is 14.6 Å². The van der Waals surface area contributed by atoms with Crippen molar-refractivity contribution < 1.29 is 23.8 Å². The fourth-order valence-electron chi connectivity index (χ4n) is 3.35. The number of rotatable bonds is 11. The topological polar surface area (TPSA) is 83.9 Å². The third-order valence-electron chi connectivity index (χ3n) is 4.97. The second-order valence-electron chi connectivity index (χ2n) is 7.07. The van der Waals surface area contributed by atoms with Gasteiger partial charge < -0.3 is 24.7 Å². The number of ether oxygens (including phenoxy) is 2. The van der Waals surface area contributed by atoms with E-state index in [2.05, 4.69) is 10.3 Å². The molecule has 2 heterocycles. The smallest absolute Gasteiger partial charge is 0.219 e. The minimum Gasteiger partial charge on any atom is -0.439 e. The Morgan fingerprint density at radius 2 is 2.17 bits per heavy atom. The zero-order chi connectivity index (χ0) is 21.4. The van der Waals surface area contributed by atoms with E-state index < -0.39 is 5.54 Å². The van der Waals surface area contributed by atoms with Crippen LogP contribution in [0, 0.1) is 5.82 Å². The summed E-state index contributed by atoms with van der Waals surface area (Å²) in [5.41, 5.74) is -0.713. The van der Waals surface area contributed by atoms with E-state index in [9.17, 15) is 14.3 Å². The van der Waals surface area contributed by atoms with Crippen molar-refractivity contribution in [3.63, 3.8) is 0 Å². The van der Waals surface area contributed by atoms with Gasteiger partial charge in [-0.15, -0.1) is 0 Å². The number of aliphatic hydroxyl groups is 1. The molecule has 0 bridgehead atoms. The Balaban J connectivity index is 1.68. The molecule has 9 heteroatoms. The van der Waals surface area contributed by atoms with E-state index in [1.165, 1.54) is 36.2 Å². The number of halogens is 1. The first kappa shape index (κ1) is 22.6. The average Bonchev–Trinajstić information content (AvgIpc) is 3.12. The van der Waals surface area contributed by atoms with Crippen LogP contribution in [0.5, 0.6) is 11.6 Å². The van der Waals surface area contributed by atoms with E-state index in [4.69, 9.17) is 9.47 Å². The molecule has 2 atom stereocenters. The predicted molar refractivity (Wildman–Crippen MR) is 112 cm³/mol. The van der Waals surface area contributed by atoms with Crippen molar-refractivity contribution in [2.75, 3.05) is 33.4 Å². The van der Waals surface area contributed by atoms with Crippen LogP contribution in [-0.4, -0.2) is 65.7 Å². The summed E-state index contributed by atoms with van der Waals surface area (Å²) in [4.78, 5) is 17.2. The number of nitrogens with one attached hydrogen (secondary N) is 1. The van der Waals surface area contributed by atoms with Crippen LogP contribution in [0.3, 0.4) is 0 Å². The van der Waals surface area contributed by atoms with E-state index in [0.29, 0.717) is 37.7 Å². The molecule has 0 saturated carbocycles.